The zero-order valence-electron chi connectivity index (χ0n) is 11.5. The Labute approximate surface area is 113 Å². The van der Waals surface area contributed by atoms with Gasteiger partial charge in [-0.3, -0.25) is 4.79 Å². The molecule has 0 spiro atoms. The second-order valence-electron chi connectivity index (χ2n) is 5.65. The molecule has 2 fully saturated rings. The normalized spacial score (nSPS) is 30.5. The van der Waals surface area contributed by atoms with Crippen molar-refractivity contribution in [1.82, 2.24) is 5.32 Å². The molecule has 6 heteroatoms. The summed E-state index contributed by atoms with van der Waals surface area (Å²) >= 11 is 0. The molecule has 1 N–H and O–H groups in total. The van der Waals surface area contributed by atoms with Gasteiger partial charge >= 0.3 is 5.97 Å². The first-order valence-electron chi connectivity index (χ1n) is 7.06. The van der Waals surface area contributed by atoms with Gasteiger partial charge in [-0.1, -0.05) is 18.0 Å². The number of carbonyl (C=O) groups is 1. The third-order valence-corrected chi connectivity index (χ3v) is 4.39. The summed E-state index contributed by atoms with van der Waals surface area (Å²) in [5.41, 5.74) is 7.72. The fourth-order valence-electron chi connectivity index (χ4n) is 3.29. The molecule has 0 aliphatic heterocycles. The smallest absolute Gasteiger partial charge is 0.326 e. The molecule has 2 aliphatic rings. The highest BCUT2D eigenvalue weighted by Gasteiger charge is 2.46. The van der Waals surface area contributed by atoms with Crippen LogP contribution in [-0.2, 0) is 9.53 Å². The van der Waals surface area contributed by atoms with Gasteiger partial charge in [-0.15, -0.1) is 0 Å². The van der Waals surface area contributed by atoms with Crippen molar-refractivity contribution in [3.63, 3.8) is 0 Å². The van der Waals surface area contributed by atoms with Crippen molar-refractivity contribution < 1.29 is 9.53 Å². The number of nitrogens with zero attached hydrogens (tertiary/aromatic N) is 3. The Hall–Kier alpha value is -1.26. The standard InChI is InChI=1S/C13H22N4O2/c1-19-12(18)13(15-7-8-16-17-14)6-2-3-11(9-13)10-4-5-10/h10-11,15H,2-9H2,1H3. The van der Waals surface area contributed by atoms with E-state index in [-0.39, 0.29) is 5.97 Å². The Balaban J connectivity index is 2.00. The highest BCUT2D eigenvalue weighted by molar-refractivity contribution is 5.81. The molecule has 6 nitrogen and oxygen atoms in total. The number of nitrogens with one attached hydrogen (secondary N) is 1. The summed E-state index contributed by atoms with van der Waals surface area (Å²) in [7, 11) is 1.44. The summed E-state index contributed by atoms with van der Waals surface area (Å²) in [5, 5.41) is 6.80. The van der Waals surface area contributed by atoms with Gasteiger partial charge in [-0.05, 0) is 43.1 Å². The molecule has 0 amide bonds. The summed E-state index contributed by atoms with van der Waals surface area (Å²) < 4.78 is 4.99. The molecular weight excluding hydrogens is 244 g/mol. The second kappa shape index (κ2) is 6.26. The summed E-state index contributed by atoms with van der Waals surface area (Å²) in [6.45, 7) is 0.889. The van der Waals surface area contributed by atoms with Gasteiger partial charge in [-0.25, -0.2) is 0 Å². The van der Waals surface area contributed by atoms with Crippen molar-refractivity contribution in [3.05, 3.63) is 10.4 Å². The Kier molecular flexibility index (Phi) is 4.66. The average Bonchev–Trinajstić information content (AvgIpc) is 3.27. The van der Waals surface area contributed by atoms with E-state index in [2.05, 4.69) is 15.3 Å². The number of methoxy groups -OCH3 is 1. The predicted octanol–water partition coefficient (Wildman–Crippen LogP) is 2.40. The van der Waals surface area contributed by atoms with Crippen LogP contribution in [-0.4, -0.2) is 31.7 Å². The van der Waals surface area contributed by atoms with Crippen LogP contribution in [0, 0.1) is 11.8 Å². The zero-order valence-corrected chi connectivity index (χ0v) is 11.5. The third kappa shape index (κ3) is 3.39. The van der Waals surface area contributed by atoms with E-state index in [4.69, 9.17) is 10.3 Å². The highest BCUT2D eigenvalue weighted by Crippen LogP contribution is 2.46. The number of esters is 1. The Morgan fingerprint density at radius 2 is 2.26 bits per heavy atom. The third-order valence-electron chi connectivity index (χ3n) is 4.39. The van der Waals surface area contributed by atoms with Crippen molar-refractivity contribution in [2.45, 2.75) is 44.1 Å². The van der Waals surface area contributed by atoms with Crippen LogP contribution in [0.25, 0.3) is 10.4 Å². The quantitative estimate of drug-likeness (QED) is 0.263. The van der Waals surface area contributed by atoms with Crippen LogP contribution in [0.5, 0.6) is 0 Å². The minimum atomic E-state index is -0.564. The lowest BCUT2D eigenvalue weighted by atomic mass is 9.73. The summed E-state index contributed by atoms with van der Waals surface area (Å²) in [6, 6.07) is 0. The first kappa shape index (κ1) is 14.2. The van der Waals surface area contributed by atoms with Crippen LogP contribution in [0.3, 0.4) is 0 Å². The summed E-state index contributed by atoms with van der Waals surface area (Å²) in [4.78, 5) is 14.9. The summed E-state index contributed by atoms with van der Waals surface area (Å²) in [5.74, 6) is 1.28. The molecule has 0 aromatic rings. The van der Waals surface area contributed by atoms with Gasteiger partial charge < -0.3 is 10.1 Å². The number of carbonyl (C=O) groups excluding carboxylic acids is 1. The minimum absolute atomic E-state index is 0.168. The maximum Gasteiger partial charge on any atom is 0.326 e. The molecule has 0 saturated heterocycles. The fourth-order valence-corrected chi connectivity index (χ4v) is 3.29. The van der Waals surface area contributed by atoms with E-state index >= 15 is 0 Å². The van der Waals surface area contributed by atoms with Gasteiger partial charge in [0, 0.05) is 18.0 Å². The number of azide groups is 1. The number of ether oxygens (including phenoxy) is 1. The predicted molar refractivity (Wildman–Crippen MR) is 71.4 cm³/mol. The SMILES string of the molecule is COC(=O)C1(NCCN=[N+]=[N-])CCCC(C2CC2)C1. The molecule has 0 radical (unpaired) electrons. The number of hydrogen-bond donors (Lipinski definition) is 1. The highest BCUT2D eigenvalue weighted by atomic mass is 16.5. The lowest BCUT2D eigenvalue weighted by molar-refractivity contribution is -0.151. The van der Waals surface area contributed by atoms with Gasteiger partial charge in [0.2, 0.25) is 0 Å². The lowest BCUT2D eigenvalue weighted by Gasteiger charge is -2.39. The van der Waals surface area contributed by atoms with E-state index < -0.39 is 5.54 Å². The zero-order chi connectivity index (χ0) is 13.7. The van der Waals surface area contributed by atoms with Gasteiger partial charge in [0.15, 0.2) is 0 Å². The lowest BCUT2D eigenvalue weighted by Crippen LogP contribution is -2.56. The molecule has 2 saturated carbocycles. The topological polar surface area (TPSA) is 87.1 Å². The largest absolute Gasteiger partial charge is 0.468 e. The Bertz CT molecular complexity index is 377. The van der Waals surface area contributed by atoms with Gasteiger partial charge in [0.1, 0.15) is 5.54 Å². The van der Waals surface area contributed by atoms with Crippen LogP contribution in [0.2, 0.25) is 0 Å². The maximum absolute atomic E-state index is 12.2. The van der Waals surface area contributed by atoms with Gasteiger partial charge in [0.25, 0.3) is 0 Å². The number of rotatable bonds is 6. The van der Waals surface area contributed by atoms with Crippen LogP contribution in [0.15, 0.2) is 5.11 Å². The van der Waals surface area contributed by atoms with Crippen LogP contribution in [0.1, 0.15) is 38.5 Å². The van der Waals surface area contributed by atoms with Crippen LogP contribution >= 0.6 is 0 Å². The van der Waals surface area contributed by atoms with E-state index in [1.807, 2.05) is 0 Å². The molecule has 2 rings (SSSR count). The Morgan fingerprint density at radius 3 is 2.89 bits per heavy atom. The molecule has 2 atom stereocenters. The van der Waals surface area contributed by atoms with Crippen LogP contribution < -0.4 is 5.32 Å². The fraction of sp³-hybridized carbons (Fsp3) is 0.923. The van der Waals surface area contributed by atoms with Crippen molar-refractivity contribution in [2.24, 2.45) is 17.0 Å². The first-order chi connectivity index (χ1) is 9.22. The molecule has 106 valence electrons. The van der Waals surface area contributed by atoms with Gasteiger partial charge in [0.05, 0.1) is 7.11 Å². The molecule has 2 unspecified atom stereocenters. The monoisotopic (exact) mass is 266 g/mol. The maximum atomic E-state index is 12.2. The molecular formula is C13H22N4O2. The molecule has 0 aromatic carbocycles. The van der Waals surface area contributed by atoms with Crippen molar-refractivity contribution in [3.8, 4) is 0 Å². The molecule has 0 aromatic heterocycles. The number of hydrogen-bond acceptors (Lipinski definition) is 4. The van der Waals surface area contributed by atoms with Crippen LogP contribution in [0.4, 0.5) is 0 Å². The molecule has 0 heterocycles. The van der Waals surface area contributed by atoms with E-state index in [0.29, 0.717) is 19.0 Å². The van der Waals surface area contributed by atoms with Crippen molar-refractivity contribution in [2.75, 3.05) is 20.2 Å². The van der Waals surface area contributed by atoms with E-state index in [9.17, 15) is 4.79 Å². The first-order valence-corrected chi connectivity index (χ1v) is 7.06. The summed E-state index contributed by atoms with van der Waals surface area (Å²) in [6.07, 6.45) is 6.58. The second-order valence-corrected chi connectivity index (χ2v) is 5.65. The van der Waals surface area contributed by atoms with Crippen molar-refractivity contribution in [1.29, 1.82) is 0 Å². The molecule has 19 heavy (non-hydrogen) atoms. The van der Waals surface area contributed by atoms with E-state index in [1.54, 1.807) is 0 Å². The van der Waals surface area contributed by atoms with Gasteiger partial charge in [-0.2, -0.15) is 0 Å². The molecule has 0 bridgehead atoms. The average molecular weight is 266 g/mol. The molecule has 2 aliphatic carbocycles. The van der Waals surface area contributed by atoms with E-state index in [0.717, 1.165) is 25.2 Å². The Morgan fingerprint density at radius 1 is 1.47 bits per heavy atom. The van der Waals surface area contributed by atoms with E-state index in [1.165, 1.54) is 26.4 Å². The van der Waals surface area contributed by atoms with Crippen molar-refractivity contribution >= 4 is 5.97 Å². The minimum Gasteiger partial charge on any atom is -0.468 e.